The van der Waals surface area contributed by atoms with Crippen LogP contribution in [0.3, 0.4) is 0 Å². The highest BCUT2D eigenvalue weighted by molar-refractivity contribution is 6.05. The first-order valence-corrected chi connectivity index (χ1v) is 13.9. The number of nitrogens with one attached hydrogen (secondary N) is 1. The van der Waals surface area contributed by atoms with Crippen LogP contribution in [0.2, 0.25) is 0 Å². The number of nitrogens with zero attached hydrogens (tertiary/aromatic N) is 3. The number of carbonyl (C=O) groups is 1. The van der Waals surface area contributed by atoms with E-state index >= 15 is 0 Å². The lowest BCUT2D eigenvalue weighted by atomic mass is 9.76. The summed E-state index contributed by atoms with van der Waals surface area (Å²) in [4.78, 5) is 28.0. The van der Waals surface area contributed by atoms with E-state index in [4.69, 9.17) is 9.47 Å². The molecule has 1 aromatic carbocycles. The largest absolute Gasteiger partial charge is 0.497 e. The summed E-state index contributed by atoms with van der Waals surface area (Å²) in [5, 5.41) is 2.35. The van der Waals surface area contributed by atoms with Crippen molar-refractivity contribution in [1.82, 2.24) is 19.9 Å². The number of pyridine rings is 2. The van der Waals surface area contributed by atoms with Gasteiger partial charge in [-0.3, -0.25) is 14.7 Å². The highest BCUT2D eigenvalue weighted by Crippen LogP contribution is 2.40. The van der Waals surface area contributed by atoms with E-state index in [2.05, 4.69) is 32.0 Å². The van der Waals surface area contributed by atoms with E-state index in [9.17, 15) is 4.79 Å². The number of ether oxygens (including phenoxy) is 2. The van der Waals surface area contributed by atoms with Gasteiger partial charge in [-0.2, -0.15) is 0 Å². The fraction of sp³-hybridized carbons (Fsp3) is 0.452. The number of hydrogen-bond donors (Lipinski definition) is 1. The van der Waals surface area contributed by atoms with Gasteiger partial charge in [-0.05, 0) is 92.9 Å². The molecular formula is C31H36N4O3. The topological polar surface area (TPSA) is 80.3 Å². The SMILES string of the molecule is COc1ccc(OCC2CCCN(CC(=O)C3CCC(c4ccnc5cnc6[nH]ccc6c45)CC3)C2)cc1. The van der Waals surface area contributed by atoms with Crippen LogP contribution in [0, 0.1) is 11.8 Å². The summed E-state index contributed by atoms with van der Waals surface area (Å²) in [5.74, 6) is 3.19. The van der Waals surface area contributed by atoms with Gasteiger partial charge in [0.05, 0.1) is 32.0 Å². The Bertz CT molecular complexity index is 1390. The second-order valence-electron chi connectivity index (χ2n) is 10.9. The van der Waals surface area contributed by atoms with Crippen molar-refractivity contribution in [2.75, 3.05) is 33.4 Å². The molecule has 0 radical (unpaired) electrons. The molecule has 38 heavy (non-hydrogen) atoms. The van der Waals surface area contributed by atoms with Crippen molar-refractivity contribution < 1.29 is 14.3 Å². The Labute approximate surface area is 223 Å². The minimum absolute atomic E-state index is 0.171. The fourth-order valence-electron chi connectivity index (χ4n) is 6.41. The number of likely N-dealkylation sites (tertiary alicyclic amines) is 1. The first-order valence-electron chi connectivity index (χ1n) is 13.9. The Morgan fingerprint density at radius 1 is 1.03 bits per heavy atom. The molecule has 2 fully saturated rings. The number of fused-ring (bicyclic) bond motifs is 3. The first kappa shape index (κ1) is 24.9. The molecule has 0 bridgehead atoms. The Balaban J connectivity index is 1.02. The van der Waals surface area contributed by atoms with Crippen LogP contribution in [-0.4, -0.2) is 59.0 Å². The standard InChI is InChI=1S/C31H36N4O3/c1-37-24-8-10-25(11-9-24)38-20-21-3-2-16-35(18-21)19-29(36)23-6-4-22(5-7-23)26-12-14-32-28-17-34-31-27(30(26)28)13-15-33-31/h8-15,17,21-23H,2-7,16,18-20H2,1H3,(H,33,34). The molecule has 1 saturated carbocycles. The first-order chi connectivity index (χ1) is 18.7. The van der Waals surface area contributed by atoms with Crippen molar-refractivity contribution in [2.45, 2.75) is 44.4 Å². The van der Waals surface area contributed by atoms with Crippen LogP contribution in [0.15, 0.2) is 55.0 Å². The Hall–Kier alpha value is -3.45. The van der Waals surface area contributed by atoms with E-state index in [1.165, 1.54) is 10.9 Å². The van der Waals surface area contributed by atoms with Crippen LogP contribution < -0.4 is 9.47 Å². The third kappa shape index (κ3) is 5.25. The molecule has 1 aliphatic heterocycles. The van der Waals surface area contributed by atoms with Crippen molar-refractivity contribution in [1.29, 1.82) is 0 Å². The predicted octanol–water partition coefficient (Wildman–Crippen LogP) is 5.75. The minimum Gasteiger partial charge on any atom is -0.497 e. The number of aromatic nitrogens is 3. The highest BCUT2D eigenvalue weighted by atomic mass is 16.5. The normalized spacial score (nSPS) is 22.5. The number of ketones is 1. The van der Waals surface area contributed by atoms with Gasteiger partial charge in [0.15, 0.2) is 0 Å². The molecule has 198 valence electrons. The summed E-state index contributed by atoms with van der Waals surface area (Å²) in [6, 6.07) is 12.0. The van der Waals surface area contributed by atoms with Crippen LogP contribution in [0.5, 0.6) is 11.5 Å². The van der Waals surface area contributed by atoms with Crippen LogP contribution >= 0.6 is 0 Å². The maximum atomic E-state index is 13.3. The molecule has 4 heterocycles. The molecule has 1 aliphatic carbocycles. The van der Waals surface area contributed by atoms with Crippen molar-refractivity contribution in [3.63, 3.8) is 0 Å². The third-order valence-electron chi connectivity index (χ3n) is 8.47. The van der Waals surface area contributed by atoms with Gasteiger partial charge in [0.2, 0.25) is 0 Å². The number of aromatic amines is 1. The zero-order chi connectivity index (χ0) is 25.9. The molecule has 2 aliphatic rings. The van der Waals surface area contributed by atoms with Crippen LogP contribution in [0.1, 0.15) is 50.0 Å². The third-order valence-corrected chi connectivity index (χ3v) is 8.47. The van der Waals surface area contributed by atoms with E-state index in [0.29, 0.717) is 30.8 Å². The molecule has 7 nitrogen and oxygen atoms in total. The highest BCUT2D eigenvalue weighted by Gasteiger charge is 2.30. The van der Waals surface area contributed by atoms with E-state index in [1.807, 2.05) is 42.9 Å². The van der Waals surface area contributed by atoms with E-state index in [-0.39, 0.29) is 5.92 Å². The number of piperidine rings is 1. The number of rotatable bonds is 8. The van der Waals surface area contributed by atoms with E-state index < -0.39 is 0 Å². The zero-order valence-corrected chi connectivity index (χ0v) is 22.1. The summed E-state index contributed by atoms with van der Waals surface area (Å²) < 4.78 is 11.3. The molecular weight excluding hydrogens is 476 g/mol. The van der Waals surface area contributed by atoms with Crippen LogP contribution in [-0.2, 0) is 4.79 Å². The van der Waals surface area contributed by atoms with E-state index in [1.54, 1.807) is 7.11 Å². The lowest BCUT2D eigenvalue weighted by Crippen LogP contribution is -2.42. The summed E-state index contributed by atoms with van der Waals surface area (Å²) in [6.07, 6.45) is 12.0. The maximum absolute atomic E-state index is 13.3. The minimum atomic E-state index is 0.171. The van der Waals surface area contributed by atoms with Gasteiger partial charge in [-0.15, -0.1) is 0 Å². The molecule has 0 amide bonds. The second-order valence-corrected chi connectivity index (χ2v) is 10.9. The summed E-state index contributed by atoms with van der Waals surface area (Å²) >= 11 is 0. The molecule has 3 aromatic heterocycles. The smallest absolute Gasteiger partial charge is 0.149 e. The molecule has 1 atom stereocenters. The number of H-pyrrole nitrogens is 1. The molecule has 6 rings (SSSR count). The Kier molecular flexibility index (Phi) is 7.27. The lowest BCUT2D eigenvalue weighted by molar-refractivity contribution is -0.125. The average Bonchev–Trinajstić information content (AvgIpc) is 3.46. The quantitative estimate of drug-likeness (QED) is 0.324. The number of hydrogen-bond acceptors (Lipinski definition) is 6. The van der Waals surface area contributed by atoms with Gasteiger partial charge in [-0.25, -0.2) is 4.98 Å². The van der Waals surface area contributed by atoms with Crippen LogP contribution in [0.4, 0.5) is 0 Å². The van der Waals surface area contributed by atoms with Gasteiger partial charge in [0.1, 0.15) is 22.9 Å². The number of methoxy groups -OCH3 is 1. The second kappa shape index (κ2) is 11.1. The van der Waals surface area contributed by atoms with Crippen molar-refractivity contribution in [2.24, 2.45) is 11.8 Å². The molecule has 1 unspecified atom stereocenters. The maximum Gasteiger partial charge on any atom is 0.149 e. The number of carbonyl (C=O) groups excluding carboxylic acids is 1. The van der Waals surface area contributed by atoms with Gasteiger partial charge in [0, 0.05) is 41.5 Å². The molecule has 7 heteroatoms. The van der Waals surface area contributed by atoms with Crippen molar-refractivity contribution in [3.05, 3.63) is 60.6 Å². The average molecular weight is 513 g/mol. The van der Waals surface area contributed by atoms with Crippen molar-refractivity contribution in [3.8, 4) is 11.5 Å². The number of Topliss-reactive ketones (excluding diaryl/α,β-unsaturated/α-hetero) is 1. The van der Waals surface area contributed by atoms with Gasteiger partial charge in [0.25, 0.3) is 0 Å². The van der Waals surface area contributed by atoms with Crippen molar-refractivity contribution >= 4 is 27.7 Å². The predicted molar refractivity (Wildman–Crippen MR) is 149 cm³/mol. The zero-order valence-electron chi connectivity index (χ0n) is 22.1. The summed E-state index contributed by atoms with van der Waals surface area (Å²) in [6.45, 7) is 3.19. The molecule has 1 saturated heterocycles. The fourth-order valence-corrected chi connectivity index (χ4v) is 6.41. The van der Waals surface area contributed by atoms with Crippen LogP contribution in [0.25, 0.3) is 21.9 Å². The summed E-state index contributed by atoms with van der Waals surface area (Å²) in [7, 11) is 1.67. The monoisotopic (exact) mass is 512 g/mol. The Morgan fingerprint density at radius 3 is 2.66 bits per heavy atom. The lowest BCUT2D eigenvalue weighted by Gasteiger charge is -2.34. The molecule has 1 N–H and O–H groups in total. The van der Waals surface area contributed by atoms with E-state index in [0.717, 1.165) is 79.7 Å². The van der Waals surface area contributed by atoms with Gasteiger partial charge < -0.3 is 14.5 Å². The number of benzene rings is 1. The van der Waals surface area contributed by atoms with Gasteiger partial charge in [-0.1, -0.05) is 0 Å². The molecule has 0 spiro atoms. The molecule has 4 aromatic rings. The summed E-state index contributed by atoms with van der Waals surface area (Å²) in [5.41, 5.74) is 3.21. The van der Waals surface area contributed by atoms with Gasteiger partial charge >= 0.3 is 0 Å². The Morgan fingerprint density at radius 2 is 1.84 bits per heavy atom.